The minimum atomic E-state index is -0.132. The number of hydrogen-bond acceptors (Lipinski definition) is 3. The second-order valence-corrected chi connectivity index (χ2v) is 5.43. The van der Waals surface area contributed by atoms with Crippen LogP contribution in [-0.2, 0) is 6.42 Å². The standard InChI is InChI=1S/C14H13BrN2O2/c1-8-6-9-4-5-17(11(9)7-10(8)16)14(18)12-2-3-13(15)19-12/h2-3,6-7H,4-5,16H2,1H3. The van der Waals surface area contributed by atoms with E-state index < -0.39 is 0 Å². The van der Waals surface area contributed by atoms with Crippen molar-refractivity contribution in [2.75, 3.05) is 17.2 Å². The average molecular weight is 321 g/mol. The highest BCUT2D eigenvalue weighted by molar-refractivity contribution is 9.10. The van der Waals surface area contributed by atoms with E-state index in [4.69, 9.17) is 10.2 Å². The molecular formula is C14H13BrN2O2. The second kappa shape index (κ2) is 4.42. The Balaban J connectivity index is 1.98. The third kappa shape index (κ3) is 2.04. The number of fused-ring (bicyclic) bond motifs is 1. The zero-order valence-corrected chi connectivity index (χ0v) is 12.0. The number of aryl methyl sites for hydroxylation is 1. The lowest BCUT2D eigenvalue weighted by Crippen LogP contribution is -2.28. The van der Waals surface area contributed by atoms with Crippen LogP contribution in [0.5, 0.6) is 0 Å². The summed E-state index contributed by atoms with van der Waals surface area (Å²) in [5.74, 6) is 0.201. The highest BCUT2D eigenvalue weighted by atomic mass is 79.9. The molecule has 19 heavy (non-hydrogen) atoms. The summed E-state index contributed by atoms with van der Waals surface area (Å²) < 4.78 is 5.88. The second-order valence-electron chi connectivity index (χ2n) is 4.65. The van der Waals surface area contributed by atoms with Crippen molar-refractivity contribution >= 4 is 33.2 Å². The molecule has 5 heteroatoms. The molecule has 2 aromatic rings. The Bertz CT molecular complexity index is 663. The summed E-state index contributed by atoms with van der Waals surface area (Å²) in [6.07, 6.45) is 0.851. The van der Waals surface area contributed by atoms with E-state index in [0.717, 1.165) is 23.2 Å². The van der Waals surface area contributed by atoms with Crippen molar-refractivity contribution in [2.45, 2.75) is 13.3 Å². The van der Waals surface area contributed by atoms with Gasteiger partial charge in [0.2, 0.25) is 0 Å². The van der Waals surface area contributed by atoms with Gasteiger partial charge in [0.15, 0.2) is 10.4 Å². The molecule has 0 bridgehead atoms. The van der Waals surface area contributed by atoms with Crippen molar-refractivity contribution in [3.8, 4) is 0 Å². The highest BCUT2D eigenvalue weighted by Gasteiger charge is 2.28. The van der Waals surface area contributed by atoms with E-state index >= 15 is 0 Å². The number of nitrogen functional groups attached to an aromatic ring is 1. The van der Waals surface area contributed by atoms with Gasteiger partial charge in [0.25, 0.3) is 5.91 Å². The van der Waals surface area contributed by atoms with E-state index in [0.29, 0.717) is 22.7 Å². The third-order valence-electron chi connectivity index (χ3n) is 3.39. The minimum Gasteiger partial charge on any atom is -0.444 e. The Morgan fingerprint density at radius 2 is 2.21 bits per heavy atom. The average Bonchev–Trinajstić information content (AvgIpc) is 2.96. The van der Waals surface area contributed by atoms with Gasteiger partial charge in [0, 0.05) is 17.9 Å². The highest BCUT2D eigenvalue weighted by Crippen LogP contribution is 2.33. The molecule has 0 atom stereocenters. The summed E-state index contributed by atoms with van der Waals surface area (Å²) in [4.78, 5) is 14.1. The first-order valence-corrected chi connectivity index (χ1v) is 6.82. The molecule has 1 amide bonds. The Morgan fingerprint density at radius 3 is 2.89 bits per heavy atom. The largest absolute Gasteiger partial charge is 0.444 e. The molecule has 2 heterocycles. The summed E-state index contributed by atoms with van der Waals surface area (Å²) in [5.41, 5.74) is 9.73. The lowest BCUT2D eigenvalue weighted by atomic mass is 10.1. The number of nitrogens with two attached hydrogens (primary N) is 1. The van der Waals surface area contributed by atoms with E-state index in [9.17, 15) is 4.79 Å². The molecule has 1 aliphatic heterocycles. The van der Waals surface area contributed by atoms with Gasteiger partial charge in [-0.2, -0.15) is 0 Å². The molecule has 0 saturated carbocycles. The molecular weight excluding hydrogens is 308 g/mol. The maximum Gasteiger partial charge on any atom is 0.294 e. The van der Waals surface area contributed by atoms with Gasteiger partial charge in [-0.3, -0.25) is 4.79 Å². The number of furan rings is 1. The van der Waals surface area contributed by atoms with Gasteiger partial charge in [-0.05, 0) is 58.6 Å². The van der Waals surface area contributed by atoms with Gasteiger partial charge in [-0.25, -0.2) is 0 Å². The maximum absolute atomic E-state index is 12.4. The van der Waals surface area contributed by atoms with Crippen molar-refractivity contribution in [2.24, 2.45) is 0 Å². The fraction of sp³-hybridized carbons (Fsp3) is 0.214. The molecule has 0 fully saturated rings. The fourth-order valence-corrected chi connectivity index (χ4v) is 2.66. The molecule has 98 valence electrons. The Labute approximate surface area is 119 Å². The van der Waals surface area contributed by atoms with Gasteiger partial charge in [0.05, 0.1) is 0 Å². The van der Waals surface area contributed by atoms with Crippen LogP contribution in [0.15, 0.2) is 33.4 Å². The molecule has 0 unspecified atom stereocenters. The van der Waals surface area contributed by atoms with Crippen LogP contribution in [0.1, 0.15) is 21.7 Å². The predicted octanol–water partition coefficient (Wildman–Crippen LogP) is 3.14. The van der Waals surface area contributed by atoms with E-state index in [1.807, 2.05) is 13.0 Å². The smallest absolute Gasteiger partial charge is 0.294 e. The molecule has 0 radical (unpaired) electrons. The summed E-state index contributed by atoms with van der Waals surface area (Å²) in [7, 11) is 0. The quantitative estimate of drug-likeness (QED) is 0.821. The van der Waals surface area contributed by atoms with Crippen LogP contribution < -0.4 is 10.6 Å². The first kappa shape index (κ1) is 12.3. The van der Waals surface area contributed by atoms with Crippen molar-refractivity contribution < 1.29 is 9.21 Å². The maximum atomic E-state index is 12.4. The summed E-state index contributed by atoms with van der Waals surface area (Å²) in [6, 6.07) is 7.30. The molecule has 1 aromatic heterocycles. The molecule has 4 nitrogen and oxygen atoms in total. The number of rotatable bonds is 1. The van der Waals surface area contributed by atoms with E-state index in [-0.39, 0.29) is 5.91 Å². The van der Waals surface area contributed by atoms with Crippen molar-refractivity contribution in [1.29, 1.82) is 0 Å². The van der Waals surface area contributed by atoms with Gasteiger partial charge >= 0.3 is 0 Å². The zero-order chi connectivity index (χ0) is 13.6. The van der Waals surface area contributed by atoms with Crippen LogP contribution in [0.2, 0.25) is 0 Å². The van der Waals surface area contributed by atoms with Crippen LogP contribution in [0, 0.1) is 6.92 Å². The monoisotopic (exact) mass is 320 g/mol. The lowest BCUT2D eigenvalue weighted by Gasteiger charge is -2.16. The number of amides is 1. The number of halogens is 1. The van der Waals surface area contributed by atoms with Crippen LogP contribution in [0.4, 0.5) is 11.4 Å². The van der Waals surface area contributed by atoms with Gasteiger partial charge in [0.1, 0.15) is 0 Å². The summed E-state index contributed by atoms with van der Waals surface area (Å²) >= 11 is 3.20. The zero-order valence-electron chi connectivity index (χ0n) is 10.4. The summed E-state index contributed by atoms with van der Waals surface area (Å²) in [6.45, 7) is 2.64. The van der Waals surface area contributed by atoms with Gasteiger partial charge in [-0.15, -0.1) is 0 Å². The lowest BCUT2D eigenvalue weighted by molar-refractivity contribution is 0.0961. The normalized spacial score (nSPS) is 13.7. The molecule has 0 saturated heterocycles. The van der Waals surface area contributed by atoms with Crippen molar-refractivity contribution in [3.63, 3.8) is 0 Å². The Kier molecular flexibility index (Phi) is 2.86. The van der Waals surface area contributed by atoms with Crippen molar-refractivity contribution in [1.82, 2.24) is 0 Å². The molecule has 1 aliphatic rings. The van der Waals surface area contributed by atoms with Crippen LogP contribution in [-0.4, -0.2) is 12.5 Å². The Morgan fingerprint density at radius 1 is 1.42 bits per heavy atom. The first-order chi connectivity index (χ1) is 9.06. The Hall–Kier alpha value is -1.75. The van der Waals surface area contributed by atoms with Crippen molar-refractivity contribution in [3.05, 3.63) is 45.8 Å². The van der Waals surface area contributed by atoms with E-state index in [1.165, 1.54) is 0 Å². The molecule has 0 spiro atoms. The number of nitrogens with zero attached hydrogens (tertiary/aromatic N) is 1. The van der Waals surface area contributed by atoms with Crippen LogP contribution >= 0.6 is 15.9 Å². The van der Waals surface area contributed by atoms with Crippen LogP contribution in [0.3, 0.4) is 0 Å². The van der Waals surface area contributed by atoms with Crippen LogP contribution in [0.25, 0.3) is 0 Å². The number of benzene rings is 1. The number of anilines is 2. The SMILES string of the molecule is Cc1cc2c(cc1N)N(C(=O)c1ccc(Br)o1)CC2. The molecule has 2 N–H and O–H groups in total. The topological polar surface area (TPSA) is 59.5 Å². The van der Waals surface area contributed by atoms with Gasteiger partial charge in [-0.1, -0.05) is 6.07 Å². The van der Waals surface area contributed by atoms with Gasteiger partial charge < -0.3 is 15.1 Å². The number of hydrogen-bond donors (Lipinski definition) is 1. The summed E-state index contributed by atoms with van der Waals surface area (Å²) in [5, 5.41) is 0. The number of carbonyl (C=O) groups excluding carboxylic acids is 1. The third-order valence-corrected chi connectivity index (χ3v) is 3.82. The first-order valence-electron chi connectivity index (χ1n) is 6.02. The molecule has 0 aliphatic carbocycles. The molecule has 3 rings (SSSR count). The predicted molar refractivity (Wildman–Crippen MR) is 77.4 cm³/mol. The number of carbonyl (C=O) groups is 1. The minimum absolute atomic E-state index is 0.132. The fourth-order valence-electron chi connectivity index (χ4n) is 2.35. The van der Waals surface area contributed by atoms with E-state index in [2.05, 4.69) is 22.0 Å². The van der Waals surface area contributed by atoms with E-state index in [1.54, 1.807) is 17.0 Å². The molecule has 1 aromatic carbocycles.